The SMILES string of the molecule is CN1CCC(CNC(=O)CNC(=O)CN)(N2CCCCC2)CC1. The number of carbonyl (C=O) groups is 2. The number of hydrogen-bond donors (Lipinski definition) is 3. The Morgan fingerprint density at radius 2 is 1.65 bits per heavy atom. The van der Waals surface area contributed by atoms with Gasteiger partial charge >= 0.3 is 0 Å². The molecule has 0 radical (unpaired) electrons. The van der Waals surface area contributed by atoms with Gasteiger partial charge in [0.05, 0.1) is 13.1 Å². The molecule has 23 heavy (non-hydrogen) atoms. The lowest BCUT2D eigenvalue weighted by Crippen LogP contribution is -2.61. The van der Waals surface area contributed by atoms with Gasteiger partial charge in [-0.3, -0.25) is 14.5 Å². The van der Waals surface area contributed by atoms with Crippen LogP contribution in [0.1, 0.15) is 32.1 Å². The zero-order valence-electron chi connectivity index (χ0n) is 14.3. The highest BCUT2D eigenvalue weighted by Gasteiger charge is 2.39. The molecule has 0 aromatic heterocycles. The van der Waals surface area contributed by atoms with E-state index in [9.17, 15) is 9.59 Å². The zero-order chi connectivity index (χ0) is 16.7. The molecule has 7 heteroatoms. The van der Waals surface area contributed by atoms with Gasteiger partial charge in [0, 0.05) is 12.1 Å². The third-order valence-corrected chi connectivity index (χ3v) is 5.19. The van der Waals surface area contributed by atoms with E-state index in [1.165, 1.54) is 19.3 Å². The van der Waals surface area contributed by atoms with Crippen molar-refractivity contribution < 1.29 is 9.59 Å². The van der Waals surface area contributed by atoms with Gasteiger partial charge in [0.25, 0.3) is 0 Å². The van der Waals surface area contributed by atoms with Crippen LogP contribution in [-0.4, -0.2) is 80.0 Å². The zero-order valence-corrected chi connectivity index (χ0v) is 14.3. The molecule has 2 aliphatic heterocycles. The van der Waals surface area contributed by atoms with Crippen LogP contribution in [0.15, 0.2) is 0 Å². The van der Waals surface area contributed by atoms with Crippen molar-refractivity contribution in [2.75, 3.05) is 52.9 Å². The Labute approximate surface area is 138 Å². The number of rotatable bonds is 6. The summed E-state index contributed by atoms with van der Waals surface area (Å²) >= 11 is 0. The highest BCUT2D eigenvalue weighted by atomic mass is 16.2. The van der Waals surface area contributed by atoms with Gasteiger partial charge in [-0.25, -0.2) is 0 Å². The van der Waals surface area contributed by atoms with Gasteiger partial charge < -0.3 is 21.3 Å². The average Bonchev–Trinajstić information content (AvgIpc) is 2.60. The Hall–Kier alpha value is -1.18. The molecule has 0 unspecified atom stereocenters. The van der Waals surface area contributed by atoms with Crippen molar-refractivity contribution in [3.05, 3.63) is 0 Å². The molecule has 7 nitrogen and oxygen atoms in total. The summed E-state index contributed by atoms with van der Waals surface area (Å²) in [5.41, 5.74) is 5.30. The fourth-order valence-electron chi connectivity index (χ4n) is 3.58. The van der Waals surface area contributed by atoms with E-state index in [2.05, 4.69) is 27.5 Å². The van der Waals surface area contributed by atoms with Crippen molar-refractivity contribution in [3.63, 3.8) is 0 Å². The fraction of sp³-hybridized carbons (Fsp3) is 0.875. The van der Waals surface area contributed by atoms with Crippen LogP contribution in [0.4, 0.5) is 0 Å². The molecule has 2 heterocycles. The molecule has 0 aromatic carbocycles. The first-order valence-electron chi connectivity index (χ1n) is 8.73. The first-order valence-corrected chi connectivity index (χ1v) is 8.73. The number of piperidine rings is 2. The normalized spacial score (nSPS) is 22.5. The Bertz CT molecular complexity index is 401. The third kappa shape index (κ3) is 5.16. The van der Waals surface area contributed by atoms with Crippen LogP contribution in [0, 0.1) is 0 Å². The van der Waals surface area contributed by atoms with E-state index in [0.29, 0.717) is 6.54 Å². The van der Waals surface area contributed by atoms with E-state index in [-0.39, 0.29) is 30.4 Å². The van der Waals surface area contributed by atoms with E-state index >= 15 is 0 Å². The van der Waals surface area contributed by atoms with Gasteiger partial charge in [-0.15, -0.1) is 0 Å². The van der Waals surface area contributed by atoms with Crippen LogP contribution < -0.4 is 16.4 Å². The molecule has 2 saturated heterocycles. The lowest BCUT2D eigenvalue weighted by molar-refractivity contribution is -0.125. The lowest BCUT2D eigenvalue weighted by atomic mass is 9.84. The molecule has 132 valence electrons. The van der Waals surface area contributed by atoms with E-state index in [4.69, 9.17) is 5.73 Å². The molecule has 0 bridgehead atoms. The highest BCUT2D eigenvalue weighted by Crippen LogP contribution is 2.30. The monoisotopic (exact) mass is 325 g/mol. The van der Waals surface area contributed by atoms with Gasteiger partial charge in [0.2, 0.25) is 11.8 Å². The number of amides is 2. The molecular formula is C16H31N5O2. The number of carbonyl (C=O) groups excluding carboxylic acids is 2. The van der Waals surface area contributed by atoms with Gasteiger partial charge in [0.15, 0.2) is 0 Å². The second kappa shape index (κ2) is 8.61. The smallest absolute Gasteiger partial charge is 0.239 e. The number of likely N-dealkylation sites (tertiary alicyclic amines) is 2. The van der Waals surface area contributed by atoms with Crippen molar-refractivity contribution in [2.24, 2.45) is 5.73 Å². The second-order valence-corrected chi connectivity index (χ2v) is 6.83. The van der Waals surface area contributed by atoms with Crippen molar-refractivity contribution in [1.29, 1.82) is 0 Å². The Morgan fingerprint density at radius 3 is 2.26 bits per heavy atom. The van der Waals surface area contributed by atoms with Gasteiger partial charge in [-0.2, -0.15) is 0 Å². The standard InChI is InChI=1S/C16H31N5O2/c1-20-9-5-16(6-10-20,21-7-3-2-4-8-21)13-19-15(23)12-18-14(22)11-17/h2-13,17H2,1H3,(H,18,22)(H,19,23). The molecule has 2 rings (SSSR count). The van der Waals surface area contributed by atoms with E-state index < -0.39 is 0 Å². The molecule has 0 saturated carbocycles. The Kier molecular flexibility index (Phi) is 6.80. The molecule has 0 atom stereocenters. The topological polar surface area (TPSA) is 90.7 Å². The van der Waals surface area contributed by atoms with Crippen molar-refractivity contribution in [3.8, 4) is 0 Å². The van der Waals surface area contributed by atoms with E-state index in [1.54, 1.807) is 0 Å². The minimum Gasteiger partial charge on any atom is -0.353 e. The van der Waals surface area contributed by atoms with Crippen molar-refractivity contribution in [2.45, 2.75) is 37.6 Å². The fourth-order valence-corrected chi connectivity index (χ4v) is 3.58. The number of nitrogens with two attached hydrogens (primary N) is 1. The Balaban J connectivity index is 1.89. The van der Waals surface area contributed by atoms with Gasteiger partial charge in [0.1, 0.15) is 0 Å². The summed E-state index contributed by atoms with van der Waals surface area (Å²) in [7, 11) is 2.15. The van der Waals surface area contributed by atoms with Crippen LogP contribution in [0.25, 0.3) is 0 Å². The summed E-state index contributed by atoms with van der Waals surface area (Å²) in [6, 6.07) is 0. The van der Waals surface area contributed by atoms with Gasteiger partial charge in [-0.1, -0.05) is 6.42 Å². The predicted octanol–water partition coefficient (Wildman–Crippen LogP) is -0.872. The highest BCUT2D eigenvalue weighted by molar-refractivity contribution is 5.85. The second-order valence-electron chi connectivity index (χ2n) is 6.83. The number of nitrogens with one attached hydrogen (secondary N) is 2. The maximum atomic E-state index is 12.0. The summed E-state index contributed by atoms with van der Waals surface area (Å²) in [5.74, 6) is -0.438. The number of hydrogen-bond acceptors (Lipinski definition) is 5. The summed E-state index contributed by atoms with van der Waals surface area (Å²) < 4.78 is 0. The minimum absolute atomic E-state index is 0.00597. The molecule has 2 amide bonds. The first kappa shape index (κ1) is 18.2. The van der Waals surface area contributed by atoms with Crippen molar-refractivity contribution in [1.82, 2.24) is 20.4 Å². The predicted molar refractivity (Wildman–Crippen MR) is 90.0 cm³/mol. The molecule has 2 fully saturated rings. The van der Waals surface area contributed by atoms with Crippen LogP contribution in [-0.2, 0) is 9.59 Å². The van der Waals surface area contributed by atoms with Crippen LogP contribution in [0.2, 0.25) is 0 Å². The molecule has 0 spiro atoms. The molecule has 4 N–H and O–H groups in total. The largest absolute Gasteiger partial charge is 0.353 e. The first-order chi connectivity index (χ1) is 11.1. The summed E-state index contributed by atoms with van der Waals surface area (Å²) in [6.07, 6.45) is 5.97. The van der Waals surface area contributed by atoms with E-state index in [1.807, 2.05) is 0 Å². The van der Waals surface area contributed by atoms with Crippen LogP contribution >= 0.6 is 0 Å². The van der Waals surface area contributed by atoms with Crippen LogP contribution in [0.3, 0.4) is 0 Å². The van der Waals surface area contributed by atoms with Crippen LogP contribution in [0.5, 0.6) is 0 Å². The summed E-state index contributed by atoms with van der Waals surface area (Å²) in [4.78, 5) is 28.1. The Morgan fingerprint density at radius 1 is 1.00 bits per heavy atom. The number of nitrogens with zero attached hydrogens (tertiary/aromatic N) is 2. The third-order valence-electron chi connectivity index (χ3n) is 5.19. The quantitative estimate of drug-likeness (QED) is 0.590. The average molecular weight is 325 g/mol. The minimum atomic E-state index is -0.301. The molecule has 2 aliphatic rings. The molecule has 0 aliphatic carbocycles. The molecular weight excluding hydrogens is 294 g/mol. The van der Waals surface area contributed by atoms with Gasteiger partial charge in [-0.05, 0) is 58.9 Å². The van der Waals surface area contributed by atoms with Crippen molar-refractivity contribution >= 4 is 11.8 Å². The van der Waals surface area contributed by atoms with E-state index in [0.717, 1.165) is 39.0 Å². The summed E-state index contributed by atoms with van der Waals surface area (Å²) in [5, 5.41) is 5.55. The summed E-state index contributed by atoms with van der Waals surface area (Å²) in [6.45, 7) is 4.97. The maximum Gasteiger partial charge on any atom is 0.239 e. The maximum absolute atomic E-state index is 12.0. The lowest BCUT2D eigenvalue weighted by Gasteiger charge is -2.50. The molecule has 0 aromatic rings.